The van der Waals surface area contributed by atoms with Gasteiger partial charge < -0.3 is 14.8 Å². The molecule has 4 heteroatoms. The lowest BCUT2D eigenvalue weighted by Crippen LogP contribution is -2.14. The molecule has 104 valence electrons. The van der Waals surface area contributed by atoms with Crippen molar-refractivity contribution in [2.75, 3.05) is 17.3 Å². The maximum atomic E-state index is 4.69. The molecule has 0 fully saturated rings. The van der Waals surface area contributed by atoms with Crippen molar-refractivity contribution in [1.29, 1.82) is 0 Å². The Morgan fingerprint density at radius 1 is 1.00 bits per heavy atom. The van der Waals surface area contributed by atoms with Gasteiger partial charge in [0, 0.05) is 20.2 Å². The number of aryl methyl sites for hydroxylation is 1. The number of hydrogen-bond donors (Lipinski definition) is 1. The molecule has 4 rings (SSSR count). The van der Waals surface area contributed by atoms with Crippen LogP contribution in [0.2, 0.25) is 0 Å². The average Bonchev–Trinajstić information content (AvgIpc) is 2.99. The predicted octanol–water partition coefficient (Wildman–Crippen LogP) is 3.43. The van der Waals surface area contributed by atoms with E-state index < -0.39 is 0 Å². The zero-order valence-electron chi connectivity index (χ0n) is 12.0. The van der Waals surface area contributed by atoms with E-state index in [0.29, 0.717) is 0 Å². The van der Waals surface area contributed by atoms with Crippen molar-refractivity contribution in [3.05, 3.63) is 60.2 Å². The number of rotatable bonds is 1. The summed E-state index contributed by atoms with van der Waals surface area (Å²) in [4.78, 5) is 6.84. The van der Waals surface area contributed by atoms with E-state index in [1.807, 2.05) is 31.3 Å². The van der Waals surface area contributed by atoms with Crippen LogP contribution in [0.5, 0.6) is 0 Å². The normalized spacial score (nSPS) is 15.5. The molecule has 0 saturated carbocycles. The highest BCUT2D eigenvalue weighted by atomic mass is 15.3. The molecule has 1 aliphatic rings. The molecule has 0 spiro atoms. The number of nitrogens with zero attached hydrogens (tertiary/aromatic N) is 3. The van der Waals surface area contributed by atoms with Crippen LogP contribution in [-0.4, -0.2) is 16.6 Å². The summed E-state index contributed by atoms with van der Waals surface area (Å²) in [6.07, 6.45) is 2.08. The minimum absolute atomic E-state index is 0.943. The van der Waals surface area contributed by atoms with E-state index in [0.717, 1.165) is 28.4 Å². The van der Waals surface area contributed by atoms with E-state index in [4.69, 9.17) is 4.98 Å². The Kier molecular flexibility index (Phi) is 2.51. The van der Waals surface area contributed by atoms with E-state index in [1.54, 1.807) is 0 Å². The first-order chi connectivity index (χ1) is 10.2. The maximum Gasteiger partial charge on any atom is 0.137 e. The van der Waals surface area contributed by atoms with Crippen LogP contribution in [0.3, 0.4) is 0 Å². The molecule has 2 heterocycles. The quantitative estimate of drug-likeness (QED) is 0.739. The van der Waals surface area contributed by atoms with Crippen LogP contribution in [-0.2, 0) is 7.05 Å². The van der Waals surface area contributed by atoms with Crippen molar-refractivity contribution in [1.82, 2.24) is 9.55 Å². The Bertz CT molecular complexity index is 860. The second-order valence-corrected chi connectivity index (χ2v) is 5.25. The molecular formula is C17H16N4. The van der Waals surface area contributed by atoms with Gasteiger partial charge in [-0.05, 0) is 24.3 Å². The Morgan fingerprint density at radius 3 is 2.57 bits per heavy atom. The third-order valence-corrected chi connectivity index (χ3v) is 3.98. The Labute approximate surface area is 123 Å². The first-order valence-corrected chi connectivity index (χ1v) is 6.97. The third kappa shape index (κ3) is 1.80. The SMILES string of the molecule is CN1/C(=C\c2nc3ccccc3n2C)Nc2ccccc21. The molecule has 0 bridgehead atoms. The number of benzene rings is 2. The molecule has 0 saturated heterocycles. The van der Waals surface area contributed by atoms with Gasteiger partial charge in [0.15, 0.2) is 0 Å². The fourth-order valence-corrected chi connectivity index (χ4v) is 2.77. The van der Waals surface area contributed by atoms with Crippen molar-refractivity contribution in [3.8, 4) is 0 Å². The van der Waals surface area contributed by atoms with Gasteiger partial charge in [-0.1, -0.05) is 24.3 Å². The number of nitrogens with one attached hydrogen (secondary N) is 1. The molecule has 3 aromatic rings. The standard InChI is InChI=1S/C17H16N4/c1-20-14-9-5-3-7-12(14)18-16(20)11-17-19-13-8-4-6-10-15(13)21(17)2/h3-11,18H,1-2H3/b16-11-. The lowest BCUT2D eigenvalue weighted by molar-refractivity contribution is 0.927. The van der Waals surface area contributed by atoms with Gasteiger partial charge in [0.25, 0.3) is 0 Å². The molecule has 0 unspecified atom stereocenters. The molecule has 0 radical (unpaired) electrons. The van der Waals surface area contributed by atoms with E-state index in [2.05, 4.69) is 52.2 Å². The van der Waals surface area contributed by atoms with Crippen molar-refractivity contribution in [2.45, 2.75) is 0 Å². The minimum Gasteiger partial charge on any atom is -0.340 e. The molecule has 1 N–H and O–H groups in total. The Hall–Kier alpha value is -2.75. The number of imidazole rings is 1. The summed E-state index contributed by atoms with van der Waals surface area (Å²) in [7, 11) is 4.11. The topological polar surface area (TPSA) is 33.1 Å². The van der Waals surface area contributed by atoms with E-state index in [9.17, 15) is 0 Å². The molecule has 0 aliphatic carbocycles. The zero-order chi connectivity index (χ0) is 14.4. The fraction of sp³-hybridized carbons (Fsp3) is 0.118. The van der Waals surface area contributed by atoms with Crippen LogP contribution >= 0.6 is 0 Å². The number of para-hydroxylation sites is 4. The van der Waals surface area contributed by atoms with Crippen LogP contribution < -0.4 is 10.2 Å². The lowest BCUT2D eigenvalue weighted by Gasteiger charge is -2.12. The summed E-state index contributed by atoms with van der Waals surface area (Å²) in [5.41, 5.74) is 4.47. The summed E-state index contributed by atoms with van der Waals surface area (Å²) in [5, 5.41) is 3.44. The van der Waals surface area contributed by atoms with Gasteiger partial charge in [-0.15, -0.1) is 0 Å². The minimum atomic E-state index is 0.943. The monoisotopic (exact) mass is 276 g/mol. The summed E-state index contributed by atoms with van der Waals surface area (Å²) >= 11 is 0. The summed E-state index contributed by atoms with van der Waals surface area (Å²) in [6, 6.07) is 16.5. The molecule has 2 aromatic carbocycles. The molecule has 1 aliphatic heterocycles. The van der Waals surface area contributed by atoms with Crippen molar-refractivity contribution >= 4 is 28.5 Å². The summed E-state index contributed by atoms with van der Waals surface area (Å²) in [6.45, 7) is 0. The zero-order valence-corrected chi connectivity index (χ0v) is 12.0. The van der Waals surface area contributed by atoms with Crippen LogP contribution in [0, 0.1) is 0 Å². The Morgan fingerprint density at radius 2 is 1.76 bits per heavy atom. The summed E-state index contributed by atoms with van der Waals surface area (Å²) in [5.74, 6) is 1.98. The lowest BCUT2D eigenvalue weighted by atomic mass is 10.3. The van der Waals surface area contributed by atoms with Gasteiger partial charge >= 0.3 is 0 Å². The number of aromatic nitrogens is 2. The molecule has 4 nitrogen and oxygen atoms in total. The van der Waals surface area contributed by atoms with E-state index >= 15 is 0 Å². The van der Waals surface area contributed by atoms with Crippen LogP contribution in [0.25, 0.3) is 17.1 Å². The van der Waals surface area contributed by atoms with E-state index in [-0.39, 0.29) is 0 Å². The maximum absolute atomic E-state index is 4.69. The highest BCUT2D eigenvalue weighted by Crippen LogP contribution is 2.35. The van der Waals surface area contributed by atoms with Crippen LogP contribution in [0.15, 0.2) is 54.4 Å². The molecule has 21 heavy (non-hydrogen) atoms. The summed E-state index contributed by atoms with van der Waals surface area (Å²) < 4.78 is 2.11. The second-order valence-electron chi connectivity index (χ2n) is 5.25. The number of hydrogen-bond acceptors (Lipinski definition) is 3. The van der Waals surface area contributed by atoms with Gasteiger partial charge in [-0.25, -0.2) is 4.98 Å². The average molecular weight is 276 g/mol. The fourth-order valence-electron chi connectivity index (χ4n) is 2.77. The van der Waals surface area contributed by atoms with Crippen molar-refractivity contribution < 1.29 is 0 Å². The van der Waals surface area contributed by atoms with Crippen molar-refractivity contribution in [3.63, 3.8) is 0 Å². The second kappa shape index (κ2) is 4.38. The van der Waals surface area contributed by atoms with Gasteiger partial charge in [-0.2, -0.15) is 0 Å². The smallest absolute Gasteiger partial charge is 0.137 e. The predicted molar refractivity (Wildman–Crippen MR) is 87.2 cm³/mol. The first-order valence-electron chi connectivity index (χ1n) is 6.97. The van der Waals surface area contributed by atoms with Gasteiger partial charge in [-0.3, -0.25) is 0 Å². The highest BCUT2D eigenvalue weighted by Gasteiger charge is 2.20. The third-order valence-electron chi connectivity index (χ3n) is 3.98. The van der Waals surface area contributed by atoms with Crippen molar-refractivity contribution in [2.24, 2.45) is 7.05 Å². The Balaban J connectivity index is 1.80. The van der Waals surface area contributed by atoms with Gasteiger partial charge in [0.1, 0.15) is 11.6 Å². The molecule has 1 aromatic heterocycles. The molecular weight excluding hydrogens is 260 g/mol. The number of fused-ring (bicyclic) bond motifs is 2. The molecule has 0 amide bonds. The van der Waals surface area contributed by atoms with Gasteiger partial charge in [0.05, 0.1) is 22.4 Å². The largest absolute Gasteiger partial charge is 0.340 e. The molecule has 0 atom stereocenters. The number of anilines is 2. The van der Waals surface area contributed by atoms with Crippen LogP contribution in [0.4, 0.5) is 11.4 Å². The highest BCUT2D eigenvalue weighted by molar-refractivity contribution is 5.84. The first kappa shape index (κ1) is 12.0. The van der Waals surface area contributed by atoms with E-state index in [1.165, 1.54) is 5.69 Å². The van der Waals surface area contributed by atoms with Crippen LogP contribution in [0.1, 0.15) is 5.82 Å². The van der Waals surface area contributed by atoms with Gasteiger partial charge in [0.2, 0.25) is 0 Å².